The van der Waals surface area contributed by atoms with Gasteiger partial charge in [0.15, 0.2) is 0 Å². The smallest absolute Gasteiger partial charge is 0.263 e. The molecule has 9 aromatic rings. The molecule has 0 spiro atoms. The summed E-state index contributed by atoms with van der Waals surface area (Å²) in [5.74, 6) is 0. The summed E-state index contributed by atoms with van der Waals surface area (Å²) < 4.78 is 1.92. The number of para-hydroxylation sites is 1. The number of pyridine rings is 1. The van der Waals surface area contributed by atoms with Crippen molar-refractivity contribution in [2.75, 3.05) is 0 Å². The normalized spacial score (nSPS) is 12.3. The van der Waals surface area contributed by atoms with Crippen molar-refractivity contribution in [3.05, 3.63) is 162 Å². The summed E-state index contributed by atoms with van der Waals surface area (Å²) in [5.41, 5.74) is 6.63. The van der Waals surface area contributed by atoms with E-state index in [0.29, 0.717) is 0 Å². The summed E-state index contributed by atoms with van der Waals surface area (Å²) in [6, 6.07) is 53.9. The van der Waals surface area contributed by atoms with Crippen LogP contribution in [-0.4, -0.2) is 4.57 Å². The van der Waals surface area contributed by atoms with Crippen molar-refractivity contribution >= 4 is 65.8 Å². The van der Waals surface area contributed by atoms with Gasteiger partial charge in [-0.1, -0.05) is 127 Å². The van der Waals surface area contributed by atoms with Crippen LogP contribution < -0.4 is 5.56 Å². The van der Waals surface area contributed by atoms with E-state index in [0.717, 1.165) is 48.3 Å². The maximum absolute atomic E-state index is 13.9. The van der Waals surface area contributed by atoms with Gasteiger partial charge in [-0.2, -0.15) is 0 Å². The Balaban J connectivity index is 1.12. The van der Waals surface area contributed by atoms with E-state index in [1.807, 2.05) is 22.8 Å². The molecule has 0 N–H and O–H groups in total. The van der Waals surface area contributed by atoms with Crippen LogP contribution in [0.2, 0.25) is 0 Å². The summed E-state index contributed by atoms with van der Waals surface area (Å²) in [4.78, 5) is 16.1. The van der Waals surface area contributed by atoms with Gasteiger partial charge in [-0.05, 0) is 96.4 Å². The molecule has 0 radical (unpaired) electrons. The first-order chi connectivity index (χ1) is 22.7. The maximum atomic E-state index is 13.9. The third kappa shape index (κ3) is 3.64. The van der Waals surface area contributed by atoms with Crippen LogP contribution in [0.3, 0.4) is 0 Å². The van der Waals surface area contributed by atoms with Gasteiger partial charge in [-0.25, -0.2) is 0 Å². The lowest BCUT2D eigenvalue weighted by atomic mass is 9.91. The van der Waals surface area contributed by atoms with Crippen LogP contribution >= 0.6 is 11.8 Å². The molecule has 0 unspecified atom stereocenters. The van der Waals surface area contributed by atoms with Crippen LogP contribution in [0.25, 0.3) is 81.9 Å². The number of hydrogen-bond acceptors (Lipinski definition) is 2. The first-order valence-electron chi connectivity index (χ1n) is 15.6. The Morgan fingerprint density at radius 2 is 0.870 bits per heavy atom. The first-order valence-corrected chi connectivity index (χ1v) is 16.4. The molecule has 0 fully saturated rings. The lowest BCUT2D eigenvalue weighted by Crippen LogP contribution is -2.21. The molecule has 1 aliphatic heterocycles. The molecule has 1 aliphatic rings. The molecular formula is C43H25NOS. The molecule has 0 saturated carbocycles. The van der Waals surface area contributed by atoms with E-state index in [9.17, 15) is 4.79 Å². The minimum absolute atomic E-state index is 0.0310. The molecule has 0 aliphatic carbocycles. The highest BCUT2D eigenvalue weighted by molar-refractivity contribution is 7.99. The van der Waals surface area contributed by atoms with Gasteiger partial charge < -0.3 is 0 Å². The Kier molecular flexibility index (Phi) is 5.40. The molecule has 0 atom stereocenters. The zero-order valence-corrected chi connectivity index (χ0v) is 25.5. The molecule has 2 heterocycles. The van der Waals surface area contributed by atoms with Crippen LogP contribution in [-0.2, 0) is 0 Å². The highest BCUT2D eigenvalue weighted by Crippen LogP contribution is 2.45. The van der Waals surface area contributed by atoms with Gasteiger partial charge in [-0.3, -0.25) is 9.36 Å². The van der Waals surface area contributed by atoms with Gasteiger partial charge >= 0.3 is 0 Å². The highest BCUT2D eigenvalue weighted by Gasteiger charge is 2.23. The quantitative estimate of drug-likeness (QED) is 0.183. The van der Waals surface area contributed by atoms with Crippen molar-refractivity contribution in [2.45, 2.75) is 9.79 Å². The van der Waals surface area contributed by atoms with E-state index in [2.05, 4.69) is 133 Å². The van der Waals surface area contributed by atoms with E-state index in [1.54, 1.807) is 11.8 Å². The van der Waals surface area contributed by atoms with Crippen molar-refractivity contribution in [3.8, 4) is 27.9 Å². The third-order valence-corrected chi connectivity index (χ3v) is 10.7. The van der Waals surface area contributed by atoms with E-state index < -0.39 is 0 Å². The predicted octanol–water partition coefficient (Wildman–Crippen LogP) is 11.4. The van der Waals surface area contributed by atoms with Crippen LogP contribution in [0.1, 0.15) is 0 Å². The average Bonchev–Trinajstić information content (AvgIpc) is 3.13. The minimum Gasteiger partial charge on any atom is -0.274 e. The first kappa shape index (κ1) is 25.7. The largest absolute Gasteiger partial charge is 0.274 e. The van der Waals surface area contributed by atoms with Crippen molar-refractivity contribution in [1.29, 1.82) is 0 Å². The summed E-state index contributed by atoms with van der Waals surface area (Å²) >= 11 is 1.75. The molecule has 0 saturated heterocycles. The zero-order valence-electron chi connectivity index (χ0n) is 24.7. The number of benzene rings is 8. The Morgan fingerprint density at radius 3 is 1.57 bits per heavy atom. The average molecular weight is 604 g/mol. The Morgan fingerprint density at radius 1 is 0.370 bits per heavy atom. The second-order valence-electron chi connectivity index (χ2n) is 12.1. The third-order valence-electron chi connectivity index (χ3n) is 9.57. The van der Waals surface area contributed by atoms with Gasteiger partial charge in [-0.15, -0.1) is 0 Å². The molecule has 8 aromatic carbocycles. The van der Waals surface area contributed by atoms with Gasteiger partial charge in [0.25, 0.3) is 5.56 Å². The predicted molar refractivity (Wildman–Crippen MR) is 195 cm³/mol. The second-order valence-corrected chi connectivity index (χ2v) is 13.1. The topological polar surface area (TPSA) is 22.0 Å². The Labute approximate surface area is 269 Å². The molecule has 214 valence electrons. The van der Waals surface area contributed by atoms with E-state index >= 15 is 0 Å². The molecule has 0 amide bonds. The standard InChI is InChI=1S/C43H25NOS/c45-43-37-16-6-5-15-34(37)36-17-8-18-40-42(36)44(43)39-22-20-29(25-41(39)46-40)27-10-7-9-26(23-27)28-19-21-35-32-13-2-1-11-30(32)31-12-3-4-14-33(31)38(35)24-28/h1-25H. The number of rotatable bonds is 2. The summed E-state index contributed by atoms with van der Waals surface area (Å²) in [6.07, 6.45) is 0. The lowest BCUT2D eigenvalue weighted by molar-refractivity contribution is 1.00. The van der Waals surface area contributed by atoms with E-state index in [4.69, 9.17) is 0 Å². The second kappa shape index (κ2) is 9.68. The molecule has 46 heavy (non-hydrogen) atoms. The number of nitrogens with zero attached hydrogens (tertiary/aromatic N) is 1. The fourth-order valence-corrected chi connectivity index (χ4v) is 8.58. The van der Waals surface area contributed by atoms with Gasteiger partial charge in [0.2, 0.25) is 0 Å². The van der Waals surface area contributed by atoms with Gasteiger partial charge in [0, 0.05) is 20.6 Å². The van der Waals surface area contributed by atoms with Gasteiger partial charge in [0.1, 0.15) is 0 Å². The van der Waals surface area contributed by atoms with Crippen LogP contribution in [0.4, 0.5) is 0 Å². The summed E-state index contributed by atoms with van der Waals surface area (Å²) in [6.45, 7) is 0. The maximum Gasteiger partial charge on any atom is 0.263 e. The van der Waals surface area contributed by atoms with Gasteiger partial charge in [0.05, 0.1) is 11.2 Å². The van der Waals surface area contributed by atoms with E-state index in [-0.39, 0.29) is 5.56 Å². The molecular weight excluding hydrogens is 579 g/mol. The molecule has 10 rings (SSSR count). The highest BCUT2D eigenvalue weighted by atomic mass is 32.2. The van der Waals surface area contributed by atoms with Crippen molar-refractivity contribution in [1.82, 2.24) is 4.57 Å². The number of aromatic nitrogens is 1. The van der Waals surface area contributed by atoms with Crippen LogP contribution in [0.15, 0.2) is 166 Å². The monoisotopic (exact) mass is 603 g/mol. The van der Waals surface area contributed by atoms with Crippen molar-refractivity contribution in [2.24, 2.45) is 0 Å². The Hall–Kier alpha value is -5.64. The number of fused-ring (bicyclic) bond motifs is 10. The number of hydrogen-bond donors (Lipinski definition) is 0. The molecule has 2 nitrogen and oxygen atoms in total. The molecule has 1 aromatic heterocycles. The van der Waals surface area contributed by atoms with Crippen LogP contribution in [0.5, 0.6) is 0 Å². The molecule has 0 bridgehead atoms. The van der Waals surface area contributed by atoms with E-state index in [1.165, 1.54) is 43.4 Å². The fourth-order valence-electron chi connectivity index (χ4n) is 7.45. The lowest BCUT2D eigenvalue weighted by Gasteiger charge is -2.23. The SMILES string of the molecule is O=c1c2ccccc2c2cccc3c2n1-c1ccc(-c2cccc(-c4ccc5c6ccccc6c6ccccc6c5c4)c2)cc1S3. The summed E-state index contributed by atoms with van der Waals surface area (Å²) in [7, 11) is 0. The van der Waals surface area contributed by atoms with Crippen molar-refractivity contribution < 1.29 is 0 Å². The summed E-state index contributed by atoms with van der Waals surface area (Å²) in [5, 5.41) is 10.6. The van der Waals surface area contributed by atoms with Crippen LogP contribution in [0, 0.1) is 0 Å². The van der Waals surface area contributed by atoms with Crippen molar-refractivity contribution in [3.63, 3.8) is 0 Å². The molecule has 3 heteroatoms. The minimum atomic E-state index is 0.0310. The zero-order chi connectivity index (χ0) is 30.4. The Bertz CT molecular complexity index is 2780. The fraction of sp³-hybridized carbons (Fsp3) is 0.